The number of nitrogens with one attached hydrogen (secondary N) is 1. The van der Waals surface area contributed by atoms with Gasteiger partial charge in [0.05, 0.1) is 11.6 Å². The number of ether oxygens (including phenoxy) is 1. The molecule has 1 aromatic heterocycles. The molecule has 0 bridgehead atoms. The minimum atomic E-state index is -1.04. The van der Waals surface area contributed by atoms with E-state index in [9.17, 15) is 4.79 Å². The summed E-state index contributed by atoms with van der Waals surface area (Å²) in [5.41, 5.74) is -0.297. The maximum atomic E-state index is 12.4. The number of benzene rings is 1. The second-order valence-electron chi connectivity index (χ2n) is 4.44. The Hall–Kier alpha value is -1.11. The Morgan fingerprint density at radius 2 is 2.33 bits per heavy atom. The Morgan fingerprint density at radius 1 is 1.57 bits per heavy atom. The average Bonchev–Trinajstić information content (AvgIpc) is 2.98. The fourth-order valence-corrected chi connectivity index (χ4v) is 3.04. The van der Waals surface area contributed by atoms with Crippen molar-refractivity contribution in [2.75, 3.05) is 11.9 Å². The van der Waals surface area contributed by atoms with Crippen LogP contribution >= 0.6 is 38.9 Å². The molecule has 0 aliphatic heterocycles. The number of esters is 1. The number of nitrogens with zero attached hydrogens (tertiary/aromatic N) is 1. The summed E-state index contributed by atoms with van der Waals surface area (Å²) in [6.45, 7) is 3.84. The van der Waals surface area contributed by atoms with E-state index >= 15 is 0 Å². The van der Waals surface area contributed by atoms with E-state index in [1.165, 1.54) is 11.3 Å². The average molecular weight is 390 g/mol. The number of hydrogen-bond donors (Lipinski definition) is 1. The van der Waals surface area contributed by atoms with Gasteiger partial charge in [0.1, 0.15) is 5.01 Å². The summed E-state index contributed by atoms with van der Waals surface area (Å²) >= 11 is 10.8. The highest BCUT2D eigenvalue weighted by Crippen LogP contribution is 2.32. The molecule has 2 rings (SSSR count). The predicted octanol–water partition coefficient (Wildman–Crippen LogP) is 4.45. The van der Waals surface area contributed by atoms with Crippen LogP contribution in [0.1, 0.15) is 18.9 Å². The molecule has 1 atom stereocenters. The molecular formula is C14H14BrClN2O2S. The van der Waals surface area contributed by atoms with Gasteiger partial charge in [-0.05, 0) is 48.0 Å². The van der Waals surface area contributed by atoms with E-state index in [0.717, 1.165) is 10.2 Å². The molecule has 0 aliphatic rings. The molecule has 112 valence electrons. The van der Waals surface area contributed by atoms with Crippen LogP contribution in [-0.4, -0.2) is 17.6 Å². The van der Waals surface area contributed by atoms with Gasteiger partial charge in [0, 0.05) is 21.7 Å². The first-order valence-electron chi connectivity index (χ1n) is 6.27. The number of anilines is 1. The van der Waals surface area contributed by atoms with Gasteiger partial charge in [-0.1, -0.05) is 11.6 Å². The maximum Gasteiger partial charge on any atom is 0.338 e. The van der Waals surface area contributed by atoms with Crippen molar-refractivity contribution in [3.8, 4) is 0 Å². The lowest BCUT2D eigenvalue weighted by atomic mass is 10.0. The summed E-state index contributed by atoms with van der Waals surface area (Å²) in [5.74, 6) is -0.369. The smallest absolute Gasteiger partial charge is 0.338 e. The van der Waals surface area contributed by atoms with Crippen molar-refractivity contribution < 1.29 is 9.53 Å². The van der Waals surface area contributed by atoms with Crippen molar-refractivity contribution in [3.63, 3.8) is 0 Å². The number of carbonyl (C=O) groups excluding carboxylic acids is 1. The lowest BCUT2D eigenvalue weighted by Gasteiger charge is -2.27. The van der Waals surface area contributed by atoms with Crippen LogP contribution < -0.4 is 5.32 Å². The van der Waals surface area contributed by atoms with Crippen LogP contribution in [0.15, 0.2) is 34.2 Å². The van der Waals surface area contributed by atoms with E-state index in [0.29, 0.717) is 16.6 Å². The van der Waals surface area contributed by atoms with Gasteiger partial charge in [-0.15, -0.1) is 11.3 Å². The molecule has 4 nitrogen and oxygen atoms in total. The minimum Gasteiger partial charge on any atom is -0.464 e. The molecule has 7 heteroatoms. The Labute approximate surface area is 140 Å². The third-order valence-corrected chi connectivity index (χ3v) is 5.07. The van der Waals surface area contributed by atoms with Gasteiger partial charge < -0.3 is 10.1 Å². The fourth-order valence-electron chi connectivity index (χ4n) is 1.80. The van der Waals surface area contributed by atoms with Gasteiger partial charge >= 0.3 is 5.97 Å². The minimum absolute atomic E-state index is 0.311. The zero-order valence-corrected chi connectivity index (χ0v) is 14.7. The number of carbonyl (C=O) groups is 1. The molecule has 0 saturated carbocycles. The van der Waals surface area contributed by atoms with Gasteiger partial charge in [0.2, 0.25) is 0 Å². The molecule has 2 aromatic rings. The highest BCUT2D eigenvalue weighted by Gasteiger charge is 2.39. The molecule has 1 aromatic carbocycles. The van der Waals surface area contributed by atoms with Gasteiger partial charge in [-0.2, -0.15) is 0 Å². The molecule has 0 aliphatic carbocycles. The second kappa shape index (κ2) is 6.77. The Kier molecular flexibility index (Phi) is 5.24. The number of halogens is 2. The normalized spacial score (nSPS) is 13.5. The Bertz CT molecular complexity index is 636. The molecule has 0 radical (unpaired) electrons. The van der Waals surface area contributed by atoms with E-state index in [1.54, 1.807) is 32.2 Å². The molecule has 1 N–H and O–H groups in total. The summed E-state index contributed by atoms with van der Waals surface area (Å²) in [6.07, 6.45) is 1.66. The molecule has 1 unspecified atom stereocenters. The quantitative estimate of drug-likeness (QED) is 0.768. The zero-order chi connectivity index (χ0) is 15.5. The van der Waals surface area contributed by atoms with E-state index in [2.05, 4.69) is 26.2 Å². The fraction of sp³-hybridized carbons (Fsp3) is 0.286. The van der Waals surface area contributed by atoms with Gasteiger partial charge in [0.25, 0.3) is 0 Å². The number of hydrogen-bond acceptors (Lipinski definition) is 5. The van der Waals surface area contributed by atoms with Crippen LogP contribution in [0, 0.1) is 0 Å². The third kappa shape index (κ3) is 3.56. The van der Waals surface area contributed by atoms with Crippen LogP contribution in [0.3, 0.4) is 0 Å². The number of thiazole rings is 1. The van der Waals surface area contributed by atoms with Gasteiger partial charge in [-0.25, -0.2) is 9.78 Å². The molecule has 0 saturated heterocycles. The first kappa shape index (κ1) is 16.3. The predicted molar refractivity (Wildman–Crippen MR) is 88.9 cm³/mol. The van der Waals surface area contributed by atoms with Crippen molar-refractivity contribution >= 4 is 50.5 Å². The summed E-state index contributed by atoms with van der Waals surface area (Å²) in [7, 11) is 0. The Morgan fingerprint density at radius 3 is 2.90 bits per heavy atom. The molecular weight excluding hydrogens is 376 g/mol. The van der Waals surface area contributed by atoms with Crippen molar-refractivity contribution in [1.82, 2.24) is 4.98 Å². The molecule has 21 heavy (non-hydrogen) atoms. The highest BCUT2D eigenvalue weighted by molar-refractivity contribution is 9.10. The van der Waals surface area contributed by atoms with Crippen molar-refractivity contribution in [3.05, 3.63) is 44.3 Å². The van der Waals surface area contributed by atoms with E-state index in [1.807, 2.05) is 11.4 Å². The molecule has 0 amide bonds. The van der Waals surface area contributed by atoms with Gasteiger partial charge in [0.15, 0.2) is 5.54 Å². The summed E-state index contributed by atoms with van der Waals surface area (Å²) in [5, 5.41) is 6.27. The molecule has 1 heterocycles. The van der Waals surface area contributed by atoms with Crippen LogP contribution in [-0.2, 0) is 15.1 Å². The molecule has 0 spiro atoms. The lowest BCUT2D eigenvalue weighted by molar-refractivity contribution is -0.148. The van der Waals surface area contributed by atoms with Crippen LogP contribution in [0.2, 0.25) is 5.02 Å². The Balaban J connectivity index is 2.36. The summed E-state index contributed by atoms with van der Waals surface area (Å²) in [6, 6.07) is 5.37. The third-order valence-electron chi connectivity index (χ3n) is 2.86. The number of rotatable bonds is 5. The first-order valence-corrected chi connectivity index (χ1v) is 8.33. The van der Waals surface area contributed by atoms with Crippen molar-refractivity contribution in [1.29, 1.82) is 0 Å². The van der Waals surface area contributed by atoms with Crippen LogP contribution in [0.5, 0.6) is 0 Å². The largest absolute Gasteiger partial charge is 0.464 e. The zero-order valence-electron chi connectivity index (χ0n) is 11.5. The maximum absolute atomic E-state index is 12.4. The van der Waals surface area contributed by atoms with E-state index in [-0.39, 0.29) is 5.97 Å². The number of aromatic nitrogens is 1. The summed E-state index contributed by atoms with van der Waals surface area (Å²) < 4.78 is 5.93. The first-order chi connectivity index (χ1) is 9.97. The highest BCUT2D eigenvalue weighted by atomic mass is 79.9. The van der Waals surface area contributed by atoms with Crippen LogP contribution in [0.4, 0.5) is 5.69 Å². The summed E-state index contributed by atoms with van der Waals surface area (Å²) in [4.78, 5) is 16.6. The van der Waals surface area contributed by atoms with Gasteiger partial charge in [-0.3, -0.25) is 0 Å². The van der Waals surface area contributed by atoms with E-state index < -0.39 is 5.54 Å². The topological polar surface area (TPSA) is 51.2 Å². The SMILES string of the molecule is CCOC(=O)C(C)(Nc1ccc(Cl)c(Br)c1)c1nccs1. The van der Waals surface area contributed by atoms with E-state index in [4.69, 9.17) is 16.3 Å². The van der Waals surface area contributed by atoms with Crippen molar-refractivity contribution in [2.45, 2.75) is 19.4 Å². The van der Waals surface area contributed by atoms with Crippen molar-refractivity contribution in [2.24, 2.45) is 0 Å². The molecule has 0 fully saturated rings. The second-order valence-corrected chi connectivity index (χ2v) is 6.59. The lowest BCUT2D eigenvalue weighted by Crippen LogP contribution is -2.42. The monoisotopic (exact) mass is 388 g/mol. The van der Waals surface area contributed by atoms with Crippen LogP contribution in [0.25, 0.3) is 0 Å². The standard InChI is InChI=1S/C14H14BrClN2O2S/c1-3-20-13(19)14(2,12-17-6-7-21-12)18-9-4-5-11(16)10(15)8-9/h4-8,18H,3H2,1-2H3.